The van der Waals surface area contributed by atoms with Crippen LogP contribution < -0.4 is 0 Å². The first kappa shape index (κ1) is 18.5. The Morgan fingerprint density at radius 1 is 1.43 bits per heavy atom. The van der Waals surface area contributed by atoms with E-state index in [9.17, 15) is 4.79 Å². The lowest BCUT2D eigenvalue weighted by molar-refractivity contribution is -0.135. The zero-order chi connectivity index (χ0) is 11.8. The van der Waals surface area contributed by atoms with E-state index >= 15 is 0 Å². The summed E-state index contributed by atoms with van der Waals surface area (Å²) >= 11 is 4.76. The lowest BCUT2D eigenvalue weighted by atomic mass is 10.7. The van der Waals surface area contributed by atoms with Crippen LogP contribution in [0, 0.1) is 0 Å². The molecule has 0 fully saturated rings. The van der Waals surface area contributed by atoms with E-state index in [2.05, 4.69) is 22.6 Å². The summed E-state index contributed by atoms with van der Waals surface area (Å²) in [5.74, 6) is -0.280. The van der Waals surface area contributed by atoms with E-state index in [0.29, 0.717) is 0 Å². The van der Waals surface area contributed by atoms with Crippen LogP contribution in [0.2, 0.25) is 0 Å². The van der Waals surface area contributed by atoms with E-state index < -0.39 is 0 Å². The summed E-state index contributed by atoms with van der Waals surface area (Å²) in [4.78, 5) is 9.93. The Hall–Kier alpha value is -1.22. The fraction of sp³-hybridized carbons (Fsp3) is 0.300. The quantitative estimate of drug-likeness (QED) is 0.530. The summed E-state index contributed by atoms with van der Waals surface area (Å²) in [5, 5.41) is 0. The highest BCUT2D eigenvalue weighted by Gasteiger charge is 1.80. The van der Waals surface area contributed by atoms with Crippen molar-refractivity contribution in [2.24, 2.45) is 0 Å². The second-order valence-electron chi connectivity index (χ2n) is 1.64. The number of ether oxygens (including phenoxy) is 2. The third kappa shape index (κ3) is 72.2. The van der Waals surface area contributed by atoms with E-state index in [1.165, 1.54) is 25.0 Å². The number of halogens is 1. The van der Waals surface area contributed by atoms with Crippen LogP contribution in [0.25, 0.3) is 0 Å². The number of carbonyl (C=O) groups excluding carboxylic acids is 1. The molecule has 0 aliphatic heterocycles. The van der Waals surface area contributed by atoms with Gasteiger partial charge >= 0.3 is 5.97 Å². The minimum absolute atomic E-state index is 0.280. The van der Waals surface area contributed by atoms with Crippen molar-refractivity contribution in [2.45, 2.75) is 13.8 Å². The molecule has 82 valence electrons. The van der Waals surface area contributed by atoms with Crippen molar-refractivity contribution < 1.29 is 14.3 Å². The fourth-order valence-corrected chi connectivity index (χ4v) is 0.164. The van der Waals surface area contributed by atoms with Crippen LogP contribution in [0.5, 0.6) is 0 Å². The Morgan fingerprint density at radius 3 is 1.86 bits per heavy atom. The Morgan fingerprint density at radius 2 is 1.79 bits per heavy atom. The molecule has 0 saturated carbocycles. The number of rotatable bonds is 2. The number of hydrogen-bond acceptors (Lipinski definition) is 3. The number of methoxy groups -OCH3 is 1. The van der Waals surface area contributed by atoms with Crippen molar-refractivity contribution in [3.8, 4) is 0 Å². The fourth-order valence-electron chi connectivity index (χ4n) is 0.164. The standard InChI is InChI=1S/C5H8O2.C3H6O.C2H3Cl/c1-3-4-7-5(2)6;1-3-4-2;1-2-3/h3-4H,1-2H3;3H,1H2,2H3;2H,1H2. The van der Waals surface area contributed by atoms with Gasteiger partial charge in [0.1, 0.15) is 0 Å². The summed E-state index contributed by atoms with van der Waals surface area (Å²) in [6.07, 6.45) is 4.38. The highest BCUT2D eigenvalue weighted by atomic mass is 35.5. The third-order valence-electron chi connectivity index (χ3n) is 0.537. The van der Waals surface area contributed by atoms with Gasteiger partial charge < -0.3 is 9.47 Å². The summed E-state index contributed by atoms with van der Waals surface area (Å²) in [7, 11) is 1.56. The van der Waals surface area contributed by atoms with Gasteiger partial charge in [0.15, 0.2) is 0 Å². The number of carbonyl (C=O) groups is 1. The van der Waals surface area contributed by atoms with Gasteiger partial charge in [-0.1, -0.05) is 30.8 Å². The van der Waals surface area contributed by atoms with Crippen LogP contribution in [-0.4, -0.2) is 13.1 Å². The van der Waals surface area contributed by atoms with Gasteiger partial charge in [0.25, 0.3) is 0 Å². The molecule has 0 radical (unpaired) electrons. The monoisotopic (exact) mass is 220 g/mol. The summed E-state index contributed by atoms with van der Waals surface area (Å²) in [6.45, 7) is 9.53. The van der Waals surface area contributed by atoms with Gasteiger partial charge in [-0.3, -0.25) is 4.79 Å². The summed E-state index contributed by atoms with van der Waals surface area (Å²) < 4.78 is 8.68. The first-order valence-electron chi connectivity index (χ1n) is 3.73. The van der Waals surface area contributed by atoms with Crippen molar-refractivity contribution in [1.82, 2.24) is 0 Å². The number of esters is 1. The maximum atomic E-state index is 9.93. The van der Waals surface area contributed by atoms with Crippen molar-refractivity contribution in [3.05, 3.63) is 37.3 Å². The first-order chi connectivity index (χ1) is 6.60. The van der Waals surface area contributed by atoms with E-state index in [0.717, 1.165) is 0 Å². The highest BCUT2D eigenvalue weighted by Crippen LogP contribution is 1.75. The van der Waals surface area contributed by atoms with Gasteiger partial charge in [0, 0.05) is 6.92 Å². The van der Waals surface area contributed by atoms with Crippen molar-refractivity contribution in [2.75, 3.05) is 7.11 Å². The topological polar surface area (TPSA) is 35.5 Å². The van der Waals surface area contributed by atoms with Crippen LogP contribution >= 0.6 is 11.6 Å². The van der Waals surface area contributed by atoms with Crippen molar-refractivity contribution in [1.29, 1.82) is 0 Å². The Kier molecular flexibility index (Phi) is 30.0. The molecule has 0 rings (SSSR count). The van der Waals surface area contributed by atoms with E-state index in [1.807, 2.05) is 0 Å². The molecule has 0 aromatic rings. The van der Waals surface area contributed by atoms with Gasteiger partial charge in [-0.2, -0.15) is 0 Å². The molecule has 0 heterocycles. The number of hydrogen-bond donors (Lipinski definition) is 0. The van der Waals surface area contributed by atoms with E-state index in [1.54, 1.807) is 20.1 Å². The Bertz CT molecular complexity index is 165. The molecule has 3 nitrogen and oxygen atoms in total. The lowest BCUT2D eigenvalue weighted by Gasteiger charge is -1.85. The molecule has 0 unspecified atom stereocenters. The van der Waals surface area contributed by atoms with Gasteiger partial charge in [0.2, 0.25) is 0 Å². The van der Waals surface area contributed by atoms with Crippen LogP contribution in [0.3, 0.4) is 0 Å². The predicted molar refractivity (Wildman–Crippen MR) is 59.8 cm³/mol. The van der Waals surface area contributed by atoms with Crippen molar-refractivity contribution >= 4 is 17.6 Å². The maximum absolute atomic E-state index is 9.93. The lowest BCUT2D eigenvalue weighted by Crippen LogP contribution is -1.88. The smallest absolute Gasteiger partial charge is 0.307 e. The summed E-state index contributed by atoms with van der Waals surface area (Å²) in [6, 6.07) is 0. The van der Waals surface area contributed by atoms with Gasteiger partial charge in [-0.15, -0.1) is 0 Å². The molecular weight excluding hydrogens is 204 g/mol. The van der Waals surface area contributed by atoms with Crippen molar-refractivity contribution in [3.63, 3.8) is 0 Å². The van der Waals surface area contributed by atoms with Crippen LogP contribution in [0.1, 0.15) is 13.8 Å². The minimum atomic E-state index is -0.280. The molecule has 14 heavy (non-hydrogen) atoms. The molecule has 0 bridgehead atoms. The van der Waals surface area contributed by atoms with Gasteiger partial charge in [-0.05, 0) is 12.5 Å². The maximum Gasteiger partial charge on any atom is 0.307 e. The first-order valence-corrected chi connectivity index (χ1v) is 4.17. The van der Waals surface area contributed by atoms with Crippen LogP contribution in [-0.2, 0) is 14.3 Å². The SMILES string of the molecule is C=CCl.C=COC.CC=COC(C)=O. The number of allylic oxidation sites excluding steroid dienone is 1. The molecule has 0 aromatic carbocycles. The van der Waals surface area contributed by atoms with E-state index in [-0.39, 0.29) is 5.97 Å². The average Bonchev–Trinajstić information content (AvgIpc) is 2.16. The average molecular weight is 221 g/mol. The molecule has 0 saturated heterocycles. The zero-order valence-electron chi connectivity index (χ0n) is 8.83. The molecule has 0 amide bonds. The second kappa shape index (κ2) is 22.6. The van der Waals surface area contributed by atoms with Crippen LogP contribution in [0.4, 0.5) is 0 Å². The normalized spacial score (nSPS) is 7.14. The molecule has 0 N–H and O–H groups in total. The predicted octanol–water partition coefficient (Wildman–Crippen LogP) is 3.23. The molecule has 0 aliphatic carbocycles. The zero-order valence-corrected chi connectivity index (χ0v) is 9.58. The molecule has 0 aliphatic rings. The second-order valence-corrected chi connectivity index (χ2v) is 1.94. The van der Waals surface area contributed by atoms with Gasteiger partial charge in [-0.25, -0.2) is 0 Å². The third-order valence-corrected chi connectivity index (χ3v) is 0.537. The minimum Gasteiger partial charge on any atom is -0.505 e. The Balaban J connectivity index is -0.000000147. The summed E-state index contributed by atoms with van der Waals surface area (Å²) in [5.41, 5.74) is 1.22. The van der Waals surface area contributed by atoms with Gasteiger partial charge in [0.05, 0.1) is 19.6 Å². The molecule has 0 atom stereocenters. The molecule has 0 spiro atoms. The highest BCUT2D eigenvalue weighted by molar-refractivity contribution is 6.25. The molecule has 0 aromatic heterocycles. The Labute approximate surface area is 90.7 Å². The molecule has 4 heteroatoms. The van der Waals surface area contributed by atoms with Crippen LogP contribution in [0.15, 0.2) is 37.3 Å². The largest absolute Gasteiger partial charge is 0.505 e. The molecular formula is C10H17ClO3. The van der Waals surface area contributed by atoms with E-state index in [4.69, 9.17) is 11.6 Å².